The summed E-state index contributed by atoms with van der Waals surface area (Å²) in [4.78, 5) is 23.6. The molecule has 2 amide bonds. The summed E-state index contributed by atoms with van der Waals surface area (Å²) < 4.78 is 13.2. The van der Waals surface area contributed by atoms with Gasteiger partial charge in [-0.05, 0) is 30.2 Å². The minimum atomic E-state index is -0.401. The fraction of sp³-hybridized carbons (Fsp3) is 0.222. The van der Waals surface area contributed by atoms with Crippen LogP contribution in [0, 0.1) is 12.7 Å². The number of nitrogens with one attached hydrogen (secondary N) is 2. The van der Waals surface area contributed by atoms with E-state index < -0.39 is 5.82 Å². The quantitative estimate of drug-likeness (QED) is 0.861. The van der Waals surface area contributed by atoms with Crippen molar-refractivity contribution in [3.05, 3.63) is 65.5 Å². The molecule has 0 aromatic heterocycles. The summed E-state index contributed by atoms with van der Waals surface area (Å²) in [5.41, 5.74) is 2.16. The third-order valence-corrected chi connectivity index (χ3v) is 3.36. The lowest BCUT2D eigenvalue weighted by molar-refractivity contribution is -0.120. The van der Waals surface area contributed by atoms with Gasteiger partial charge in [0.05, 0.1) is 6.42 Å². The maximum absolute atomic E-state index is 13.2. The molecule has 2 rings (SSSR count). The minimum Gasteiger partial charge on any atom is -0.355 e. The number of hydrogen-bond acceptors (Lipinski definition) is 2. The SMILES string of the molecule is Cc1ccc(F)cc1NC(=O)CCNC(=O)Cc1ccccc1. The molecule has 5 heteroatoms. The molecule has 2 aromatic carbocycles. The smallest absolute Gasteiger partial charge is 0.226 e. The first-order valence-corrected chi connectivity index (χ1v) is 7.41. The van der Waals surface area contributed by atoms with Crippen LogP contribution in [0.3, 0.4) is 0 Å². The van der Waals surface area contributed by atoms with Crippen molar-refractivity contribution in [2.45, 2.75) is 19.8 Å². The van der Waals surface area contributed by atoms with Gasteiger partial charge in [0.1, 0.15) is 5.82 Å². The van der Waals surface area contributed by atoms with E-state index in [0.717, 1.165) is 11.1 Å². The second-order valence-electron chi connectivity index (χ2n) is 5.27. The molecule has 2 N–H and O–H groups in total. The summed E-state index contributed by atoms with van der Waals surface area (Å²) in [6.07, 6.45) is 0.419. The third-order valence-electron chi connectivity index (χ3n) is 3.36. The predicted octanol–water partition coefficient (Wildman–Crippen LogP) is 2.82. The molecule has 0 fully saturated rings. The van der Waals surface area contributed by atoms with E-state index in [9.17, 15) is 14.0 Å². The maximum Gasteiger partial charge on any atom is 0.226 e. The van der Waals surface area contributed by atoms with E-state index in [-0.39, 0.29) is 31.2 Å². The van der Waals surface area contributed by atoms with Crippen molar-refractivity contribution in [1.29, 1.82) is 0 Å². The number of carbonyl (C=O) groups excluding carboxylic acids is 2. The first kappa shape index (κ1) is 16.7. The van der Waals surface area contributed by atoms with Crippen LogP contribution >= 0.6 is 0 Å². The first-order chi connectivity index (χ1) is 11.0. The zero-order valence-corrected chi connectivity index (χ0v) is 12.9. The number of halogens is 1. The molecule has 4 nitrogen and oxygen atoms in total. The minimum absolute atomic E-state index is 0.133. The predicted molar refractivity (Wildman–Crippen MR) is 87.5 cm³/mol. The molecule has 0 spiro atoms. The van der Waals surface area contributed by atoms with E-state index in [0.29, 0.717) is 5.69 Å². The molecule has 0 aliphatic rings. The normalized spacial score (nSPS) is 10.2. The molecule has 0 unspecified atom stereocenters. The van der Waals surface area contributed by atoms with Gasteiger partial charge < -0.3 is 10.6 Å². The van der Waals surface area contributed by atoms with Crippen LogP contribution in [0.4, 0.5) is 10.1 Å². The molecule has 0 heterocycles. The van der Waals surface area contributed by atoms with Crippen molar-refractivity contribution in [3.8, 4) is 0 Å². The second-order valence-corrected chi connectivity index (χ2v) is 5.27. The monoisotopic (exact) mass is 314 g/mol. The van der Waals surface area contributed by atoms with Gasteiger partial charge in [0.15, 0.2) is 0 Å². The Balaban J connectivity index is 1.74. The lowest BCUT2D eigenvalue weighted by Gasteiger charge is -2.09. The summed E-state index contributed by atoms with van der Waals surface area (Å²) in [5.74, 6) is -0.799. The Labute approximate surface area is 134 Å². The first-order valence-electron chi connectivity index (χ1n) is 7.41. The standard InChI is InChI=1S/C18H19FN2O2/c1-13-7-8-15(19)12-16(13)21-17(22)9-10-20-18(23)11-14-5-3-2-4-6-14/h2-8,12H,9-11H2,1H3,(H,20,23)(H,21,22). The van der Waals surface area contributed by atoms with E-state index in [1.165, 1.54) is 12.1 Å². The Kier molecular flexibility index (Phi) is 5.86. The molecule has 0 bridgehead atoms. The van der Waals surface area contributed by atoms with E-state index in [1.54, 1.807) is 13.0 Å². The van der Waals surface area contributed by atoms with Gasteiger partial charge in [-0.1, -0.05) is 36.4 Å². The molecule has 0 saturated heterocycles. The van der Waals surface area contributed by atoms with Crippen LogP contribution in [0.25, 0.3) is 0 Å². The van der Waals surface area contributed by atoms with Crippen LogP contribution in [0.15, 0.2) is 48.5 Å². The van der Waals surface area contributed by atoms with E-state index in [1.807, 2.05) is 30.3 Å². The fourth-order valence-electron chi connectivity index (χ4n) is 2.10. The molecule has 0 aliphatic heterocycles. The zero-order valence-electron chi connectivity index (χ0n) is 12.9. The largest absolute Gasteiger partial charge is 0.355 e. The molecule has 120 valence electrons. The van der Waals surface area contributed by atoms with E-state index in [4.69, 9.17) is 0 Å². The van der Waals surface area contributed by atoms with E-state index >= 15 is 0 Å². The Morgan fingerprint density at radius 3 is 2.52 bits per heavy atom. The summed E-state index contributed by atoms with van der Waals surface area (Å²) in [7, 11) is 0. The van der Waals surface area contributed by atoms with Gasteiger partial charge in [-0.15, -0.1) is 0 Å². The van der Waals surface area contributed by atoms with Crippen LogP contribution in [-0.4, -0.2) is 18.4 Å². The average Bonchev–Trinajstić information content (AvgIpc) is 2.52. The van der Waals surface area contributed by atoms with Crippen LogP contribution in [0.5, 0.6) is 0 Å². The van der Waals surface area contributed by atoms with Gasteiger partial charge in [0.2, 0.25) is 11.8 Å². The average molecular weight is 314 g/mol. The molecule has 0 saturated carbocycles. The highest BCUT2D eigenvalue weighted by Gasteiger charge is 2.07. The van der Waals surface area contributed by atoms with Gasteiger partial charge in [-0.2, -0.15) is 0 Å². The summed E-state index contributed by atoms with van der Waals surface area (Å²) in [5, 5.41) is 5.34. The molecule has 2 aromatic rings. The molecule has 0 atom stereocenters. The molecular formula is C18H19FN2O2. The van der Waals surface area contributed by atoms with Crippen LogP contribution in [0.2, 0.25) is 0 Å². The number of aryl methyl sites for hydroxylation is 1. The third kappa shape index (κ3) is 5.54. The summed E-state index contributed by atoms with van der Waals surface area (Å²) >= 11 is 0. The molecule has 0 radical (unpaired) electrons. The van der Waals surface area contributed by atoms with Gasteiger partial charge in [0.25, 0.3) is 0 Å². The molecular weight excluding hydrogens is 295 g/mol. The topological polar surface area (TPSA) is 58.2 Å². The highest BCUT2D eigenvalue weighted by Crippen LogP contribution is 2.15. The highest BCUT2D eigenvalue weighted by atomic mass is 19.1. The Morgan fingerprint density at radius 1 is 1.04 bits per heavy atom. The number of carbonyl (C=O) groups is 2. The number of amides is 2. The molecule has 23 heavy (non-hydrogen) atoms. The maximum atomic E-state index is 13.2. The fourth-order valence-corrected chi connectivity index (χ4v) is 2.10. The number of anilines is 1. The van der Waals surface area contributed by atoms with Gasteiger partial charge in [-0.25, -0.2) is 4.39 Å². The zero-order chi connectivity index (χ0) is 16.7. The lowest BCUT2D eigenvalue weighted by Crippen LogP contribution is -2.29. The highest BCUT2D eigenvalue weighted by molar-refractivity contribution is 5.92. The van der Waals surface area contributed by atoms with Crippen molar-refractivity contribution < 1.29 is 14.0 Å². The summed E-state index contributed by atoms with van der Waals surface area (Å²) in [6.45, 7) is 2.03. The summed E-state index contributed by atoms with van der Waals surface area (Å²) in [6, 6.07) is 13.6. The van der Waals surface area contributed by atoms with Crippen LogP contribution in [-0.2, 0) is 16.0 Å². The van der Waals surface area contributed by atoms with Gasteiger partial charge in [-0.3, -0.25) is 9.59 Å². The number of hydrogen-bond donors (Lipinski definition) is 2. The second kappa shape index (κ2) is 8.08. The molecule has 0 aliphatic carbocycles. The van der Waals surface area contributed by atoms with Crippen molar-refractivity contribution in [2.75, 3.05) is 11.9 Å². The Bertz CT molecular complexity index is 687. The van der Waals surface area contributed by atoms with E-state index in [2.05, 4.69) is 10.6 Å². The van der Waals surface area contributed by atoms with Crippen molar-refractivity contribution in [1.82, 2.24) is 5.32 Å². The van der Waals surface area contributed by atoms with Crippen molar-refractivity contribution in [2.24, 2.45) is 0 Å². The van der Waals surface area contributed by atoms with Crippen molar-refractivity contribution in [3.63, 3.8) is 0 Å². The van der Waals surface area contributed by atoms with Crippen LogP contribution in [0.1, 0.15) is 17.5 Å². The van der Waals surface area contributed by atoms with Crippen molar-refractivity contribution >= 4 is 17.5 Å². The number of benzene rings is 2. The lowest BCUT2D eigenvalue weighted by atomic mass is 10.1. The Hall–Kier alpha value is -2.69. The Morgan fingerprint density at radius 2 is 1.78 bits per heavy atom. The van der Waals surface area contributed by atoms with Gasteiger partial charge in [0, 0.05) is 18.7 Å². The number of rotatable bonds is 6. The van der Waals surface area contributed by atoms with Crippen LogP contribution < -0.4 is 10.6 Å². The van der Waals surface area contributed by atoms with Gasteiger partial charge >= 0.3 is 0 Å².